The molecule has 0 aromatic carbocycles. The fourth-order valence-electron chi connectivity index (χ4n) is 1.49. The van der Waals surface area contributed by atoms with Crippen LogP contribution in [0.4, 0.5) is 0 Å². The lowest BCUT2D eigenvalue weighted by Gasteiger charge is -2.04. The molecule has 2 aromatic heterocycles. The number of hydrogen-bond acceptors (Lipinski definition) is 4. The monoisotopic (exact) mass is 329 g/mol. The summed E-state index contributed by atoms with van der Waals surface area (Å²) in [5, 5.41) is 9.58. The van der Waals surface area contributed by atoms with E-state index in [-0.39, 0.29) is 0 Å². The number of aromatic nitrogens is 2. The number of aryl methyl sites for hydroxylation is 1. The van der Waals surface area contributed by atoms with Crippen molar-refractivity contribution in [2.75, 3.05) is 13.2 Å². The highest BCUT2D eigenvalue weighted by molar-refractivity contribution is 9.10. The van der Waals surface area contributed by atoms with Crippen LogP contribution in [0.5, 0.6) is 5.75 Å². The SMILES string of the molecule is CCn1cc(OCCNCc2cc(Br)cs2)cn1. The summed E-state index contributed by atoms with van der Waals surface area (Å²) in [6.45, 7) is 5.29. The van der Waals surface area contributed by atoms with Gasteiger partial charge in [-0.25, -0.2) is 0 Å². The van der Waals surface area contributed by atoms with E-state index in [9.17, 15) is 0 Å². The third kappa shape index (κ3) is 4.12. The van der Waals surface area contributed by atoms with Crippen molar-refractivity contribution in [3.8, 4) is 5.75 Å². The Hall–Kier alpha value is -0.850. The summed E-state index contributed by atoms with van der Waals surface area (Å²) < 4.78 is 8.58. The van der Waals surface area contributed by atoms with E-state index >= 15 is 0 Å². The van der Waals surface area contributed by atoms with E-state index in [4.69, 9.17) is 4.74 Å². The largest absolute Gasteiger partial charge is 0.489 e. The normalized spacial score (nSPS) is 10.8. The van der Waals surface area contributed by atoms with Gasteiger partial charge in [0.05, 0.1) is 12.4 Å². The number of ether oxygens (including phenoxy) is 1. The van der Waals surface area contributed by atoms with Gasteiger partial charge in [-0.05, 0) is 28.9 Å². The van der Waals surface area contributed by atoms with E-state index in [0.717, 1.165) is 29.9 Å². The van der Waals surface area contributed by atoms with E-state index in [1.165, 1.54) is 4.88 Å². The van der Waals surface area contributed by atoms with Crippen molar-refractivity contribution in [3.05, 3.63) is 33.2 Å². The molecule has 2 aromatic rings. The first-order valence-corrected chi connectivity index (χ1v) is 7.54. The summed E-state index contributed by atoms with van der Waals surface area (Å²) in [6.07, 6.45) is 3.66. The fraction of sp³-hybridized carbons (Fsp3) is 0.417. The molecule has 0 saturated heterocycles. The van der Waals surface area contributed by atoms with Crippen LogP contribution in [0.3, 0.4) is 0 Å². The highest BCUT2D eigenvalue weighted by Crippen LogP contribution is 2.19. The molecule has 0 atom stereocenters. The van der Waals surface area contributed by atoms with Crippen LogP contribution in [0, 0.1) is 0 Å². The van der Waals surface area contributed by atoms with Crippen LogP contribution in [0.15, 0.2) is 28.3 Å². The minimum absolute atomic E-state index is 0.655. The second kappa shape index (κ2) is 6.92. The molecule has 2 rings (SSSR count). The molecule has 0 fully saturated rings. The lowest BCUT2D eigenvalue weighted by atomic mass is 10.4. The third-order valence-electron chi connectivity index (χ3n) is 2.40. The lowest BCUT2D eigenvalue weighted by Crippen LogP contribution is -2.19. The van der Waals surface area contributed by atoms with Gasteiger partial charge >= 0.3 is 0 Å². The Kier molecular flexibility index (Phi) is 5.22. The Morgan fingerprint density at radius 3 is 3.11 bits per heavy atom. The summed E-state index contributed by atoms with van der Waals surface area (Å²) in [5.74, 6) is 0.831. The van der Waals surface area contributed by atoms with Gasteiger partial charge in [0, 0.05) is 34.4 Å². The maximum absolute atomic E-state index is 5.58. The molecule has 0 aliphatic heterocycles. The highest BCUT2D eigenvalue weighted by Gasteiger charge is 1.99. The quantitative estimate of drug-likeness (QED) is 0.794. The Balaban J connectivity index is 1.61. The third-order valence-corrected chi connectivity index (χ3v) is 4.10. The first-order valence-electron chi connectivity index (χ1n) is 5.87. The smallest absolute Gasteiger partial charge is 0.157 e. The Bertz CT molecular complexity index is 483. The molecule has 98 valence electrons. The average Bonchev–Trinajstić information content (AvgIpc) is 2.98. The van der Waals surface area contributed by atoms with Gasteiger partial charge in [0.1, 0.15) is 6.61 Å². The molecule has 18 heavy (non-hydrogen) atoms. The van der Waals surface area contributed by atoms with Crippen molar-refractivity contribution in [2.45, 2.75) is 20.0 Å². The fourth-order valence-corrected chi connectivity index (χ4v) is 2.91. The molecular formula is C12H16BrN3OS. The molecule has 0 aliphatic carbocycles. The van der Waals surface area contributed by atoms with Gasteiger partial charge in [-0.15, -0.1) is 11.3 Å². The van der Waals surface area contributed by atoms with Crippen LogP contribution < -0.4 is 10.1 Å². The van der Waals surface area contributed by atoms with Crippen molar-refractivity contribution < 1.29 is 4.74 Å². The standard InChI is InChI=1S/C12H16BrN3OS/c1-2-16-8-11(6-15-16)17-4-3-14-7-12-5-10(13)9-18-12/h5-6,8-9,14H,2-4,7H2,1H3. The van der Waals surface area contributed by atoms with E-state index in [1.807, 2.05) is 10.9 Å². The Labute approximate surface area is 119 Å². The van der Waals surface area contributed by atoms with Crippen molar-refractivity contribution in [1.29, 1.82) is 0 Å². The molecule has 0 aliphatic rings. The van der Waals surface area contributed by atoms with Crippen LogP contribution in [-0.4, -0.2) is 22.9 Å². The Morgan fingerprint density at radius 1 is 1.56 bits per heavy atom. The topological polar surface area (TPSA) is 39.1 Å². The Morgan fingerprint density at radius 2 is 2.44 bits per heavy atom. The number of thiophene rings is 1. The molecule has 0 spiro atoms. The van der Waals surface area contributed by atoms with Crippen LogP contribution in [0.1, 0.15) is 11.8 Å². The van der Waals surface area contributed by atoms with Gasteiger partial charge in [-0.2, -0.15) is 5.10 Å². The first-order chi connectivity index (χ1) is 8.78. The second-order valence-corrected chi connectivity index (χ2v) is 5.70. The van der Waals surface area contributed by atoms with Crippen LogP contribution in [-0.2, 0) is 13.1 Å². The molecule has 0 bridgehead atoms. The van der Waals surface area contributed by atoms with Crippen molar-refractivity contribution in [2.24, 2.45) is 0 Å². The summed E-state index contributed by atoms with van der Waals surface area (Å²) >= 11 is 5.19. The van der Waals surface area contributed by atoms with E-state index in [0.29, 0.717) is 6.61 Å². The number of nitrogens with one attached hydrogen (secondary N) is 1. The summed E-state index contributed by atoms with van der Waals surface area (Å²) in [5.41, 5.74) is 0. The molecule has 0 saturated carbocycles. The van der Waals surface area contributed by atoms with E-state index < -0.39 is 0 Å². The van der Waals surface area contributed by atoms with Gasteiger partial charge in [0.2, 0.25) is 0 Å². The molecule has 2 heterocycles. The zero-order valence-corrected chi connectivity index (χ0v) is 12.6. The van der Waals surface area contributed by atoms with Gasteiger partial charge in [0.15, 0.2) is 5.75 Å². The predicted molar refractivity (Wildman–Crippen MR) is 77.1 cm³/mol. The summed E-state index contributed by atoms with van der Waals surface area (Å²) in [6, 6.07) is 2.13. The number of rotatable bonds is 7. The van der Waals surface area contributed by atoms with E-state index in [1.54, 1.807) is 17.5 Å². The molecule has 6 heteroatoms. The first kappa shape index (κ1) is 13.6. The number of halogens is 1. The molecule has 4 nitrogen and oxygen atoms in total. The van der Waals surface area contributed by atoms with Gasteiger partial charge in [-0.1, -0.05) is 0 Å². The van der Waals surface area contributed by atoms with Gasteiger partial charge < -0.3 is 10.1 Å². The maximum Gasteiger partial charge on any atom is 0.157 e. The zero-order valence-electron chi connectivity index (χ0n) is 10.2. The van der Waals surface area contributed by atoms with Crippen LogP contribution >= 0.6 is 27.3 Å². The zero-order chi connectivity index (χ0) is 12.8. The van der Waals surface area contributed by atoms with Gasteiger partial charge in [0.25, 0.3) is 0 Å². The van der Waals surface area contributed by atoms with Crippen LogP contribution in [0.25, 0.3) is 0 Å². The summed E-state index contributed by atoms with van der Waals surface area (Å²) in [4.78, 5) is 1.32. The lowest BCUT2D eigenvalue weighted by molar-refractivity contribution is 0.313. The van der Waals surface area contributed by atoms with Crippen molar-refractivity contribution in [3.63, 3.8) is 0 Å². The molecular weight excluding hydrogens is 314 g/mol. The average molecular weight is 330 g/mol. The number of nitrogens with zero attached hydrogens (tertiary/aromatic N) is 2. The summed E-state index contributed by atoms with van der Waals surface area (Å²) in [7, 11) is 0. The number of hydrogen-bond donors (Lipinski definition) is 1. The van der Waals surface area contributed by atoms with Gasteiger partial charge in [-0.3, -0.25) is 4.68 Å². The second-order valence-electron chi connectivity index (χ2n) is 3.79. The highest BCUT2D eigenvalue weighted by atomic mass is 79.9. The molecule has 0 unspecified atom stereocenters. The van der Waals surface area contributed by atoms with E-state index in [2.05, 4.69) is 44.7 Å². The molecule has 1 N–H and O–H groups in total. The van der Waals surface area contributed by atoms with Crippen molar-refractivity contribution >= 4 is 27.3 Å². The molecule has 0 amide bonds. The minimum Gasteiger partial charge on any atom is -0.489 e. The van der Waals surface area contributed by atoms with Crippen LogP contribution in [0.2, 0.25) is 0 Å². The predicted octanol–water partition coefficient (Wildman–Crippen LogP) is 2.90. The molecule has 0 radical (unpaired) electrons. The minimum atomic E-state index is 0.655. The van der Waals surface area contributed by atoms with Crippen molar-refractivity contribution in [1.82, 2.24) is 15.1 Å². The maximum atomic E-state index is 5.58.